The van der Waals surface area contributed by atoms with E-state index < -0.39 is 0 Å². The molecule has 2 aromatic heterocycles. The Kier molecular flexibility index (Phi) is 4.77. The average Bonchev–Trinajstić information content (AvgIpc) is 3.27. The predicted octanol–water partition coefficient (Wildman–Crippen LogP) is 3.30. The Bertz CT molecular complexity index is 1150. The third kappa shape index (κ3) is 3.21. The van der Waals surface area contributed by atoms with Crippen LogP contribution >= 0.6 is 0 Å². The zero-order chi connectivity index (χ0) is 21.8. The number of pyridine rings is 1. The van der Waals surface area contributed by atoms with Crippen molar-refractivity contribution in [1.82, 2.24) is 14.3 Å². The van der Waals surface area contributed by atoms with Gasteiger partial charge in [-0.05, 0) is 62.6 Å². The number of nitrogens with zero attached hydrogens (tertiary/aromatic N) is 3. The summed E-state index contributed by atoms with van der Waals surface area (Å²) in [6.07, 6.45) is 6.39. The molecule has 1 amide bonds. The molecule has 1 aliphatic heterocycles. The van der Waals surface area contributed by atoms with E-state index >= 15 is 0 Å². The number of fused-ring (bicyclic) bond motifs is 4. The standard InChI is InChI=1S/C25H30N4O2/c1-16-17(2)29-15-21(24(31)28(3)11-6-12-30)20-9-10-25(27-22(20)23(29)26-16)13-18-7-4-5-8-19(18)14-25/h4-5,7-8,15,27,30H,6,9-14H2,1-3H3. The van der Waals surface area contributed by atoms with E-state index in [1.54, 1.807) is 4.90 Å². The predicted molar refractivity (Wildman–Crippen MR) is 122 cm³/mol. The van der Waals surface area contributed by atoms with Crippen molar-refractivity contribution in [3.8, 4) is 0 Å². The van der Waals surface area contributed by atoms with Gasteiger partial charge in [0.05, 0.1) is 16.9 Å². The first-order valence-corrected chi connectivity index (χ1v) is 11.1. The molecule has 1 aromatic carbocycles. The smallest absolute Gasteiger partial charge is 0.255 e. The Morgan fingerprint density at radius 1 is 1.26 bits per heavy atom. The molecule has 0 atom stereocenters. The molecule has 162 valence electrons. The van der Waals surface area contributed by atoms with Crippen LogP contribution < -0.4 is 5.32 Å². The minimum atomic E-state index is -0.0185. The highest BCUT2D eigenvalue weighted by Gasteiger charge is 2.41. The minimum Gasteiger partial charge on any atom is -0.396 e. The number of aromatic nitrogens is 2. The zero-order valence-electron chi connectivity index (χ0n) is 18.5. The minimum absolute atomic E-state index is 0.00445. The molecule has 1 aliphatic carbocycles. The molecular weight excluding hydrogens is 388 g/mol. The number of hydrogen-bond donors (Lipinski definition) is 2. The fourth-order valence-corrected chi connectivity index (χ4v) is 5.28. The molecule has 1 spiro atoms. The molecule has 31 heavy (non-hydrogen) atoms. The Morgan fingerprint density at radius 2 is 1.97 bits per heavy atom. The van der Waals surface area contributed by atoms with Crippen LogP contribution in [0.2, 0.25) is 0 Å². The summed E-state index contributed by atoms with van der Waals surface area (Å²) < 4.78 is 2.06. The van der Waals surface area contributed by atoms with E-state index in [0.29, 0.717) is 13.0 Å². The van der Waals surface area contributed by atoms with E-state index in [2.05, 4.69) is 40.9 Å². The van der Waals surface area contributed by atoms with Crippen LogP contribution in [-0.2, 0) is 19.3 Å². The maximum absolute atomic E-state index is 13.4. The van der Waals surface area contributed by atoms with Gasteiger partial charge in [0, 0.05) is 37.6 Å². The van der Waals surface area contributed by atoms with Gasteiger partial charge in [0.1, 0.15) is 0 Å². The van der Waals surface area contributed by atoms with Gasteiger partial charge < -0.3 is 19.7 Å². The number of hydrogen-bond acceptors (Lipinski definition) is 4. The summed E-state index contributed by atoms with van der Waals surface area (Å²) in [6, 6.07) is 8.70. The van der Waals surface area contributed by atoms with E-state index in [1.807, 2.05) is 20.2 Å². The molecule has 2 aliphatic rings. The van der Waals surface area contributed by atoms with Crippen molar-refractivity contribution in [2.75, 3.05) is 25.5 Å². The molecule has 0 fully saturated rings. The number of carbonyl (C=O) groups is 1. The van der Waals surface area contributed by atoms with Crippen LogP contribution in [0.15, 0.2) is 30.5 Å². The van der Waals surface area contributed by atoms with Crippen molar-refractivity contribution in [2.45, 2.75) is 51.5 Å². The lowest BCUT2D eigenvalue weighted by Crippen LogP contribution is -2.43. The van der Waals surface area contributed by atoms with Gasteiger partial charge in [0.15, 0.2) is 5.65 Å². The first-order chi connectivity index (χ1) is 14.9. The lowest BCUT2D eigenvalue weighted by Gasteiger charge is -2.38. The molecule has 5 rings (SSSR count). The summed E-state index contributed by atoms with van der Waals surface area (Å²) in [4.78, 5) is 19.9. The van der Waals surface area contributed by atoms with Crippen molar-refractivity contribution in [3.63, 3.8) is 0 Å². The molecule has 3 heterocycles. The van der Waals surface area contributed by atoms with Crippen molar-refractivity contribution >= 4 is 17.2 Å². The van der Waals surface area contributed by atoms with Crippen molar-refractivity contribution in [2.24, 2.45) is 0 Å². The SMILES string of the molecule is Cc1nc2c3c(c(C(=O)N(C)CCCO)cn2c1C)CCC1(Cc2ccccc2C1)N3. The fraction of sp³-hybridized carbons (Fsp3) is 0.440. The van der Waals surface area contributed by atoms with Gasteiger partial charge in [-0.15, -0.1) is 0 Å². The Labute approximate surface area is 182 Å². The van der Waals surface area contributed by atoms with Crippen LogP contribution in [0.25, 0.3) is 5.65 Å². The molecule has 0 unspecified atom stereocenters. The normalized spacial score (nSPS) is 16.3. The molecule has 2 N–H and O–H groups in total. The quantitative estimate of drug-likeness (QED) is 0.682. The van der Waals surface area contributed by atoms with Crippen LogP contribution in [0.1, 0.15) is 51.3 Å². The van der Waals surface area contributed by atoms with Crippen LogP contribution in [0, 0.1) is 13.8 Å². The molecule has 0 saturated heterocycles. The lowest BCUT2D eigenvalue weighted by atomic mass is 9.82. The first kappa shape index (κ1) is 20.1. The first-order valence-electron chi connectivity index (χ1n) is 11.1. The number of aliphatic hydroxyl groups is 1. The Hall–Kier alpha value is -2.86. The second-order valence-electron chi connectivity index (χ2n) is 9.20. The van der Waals surface area contributed by atoms with Crippen molar-refractivity contribution in [1.29, 1.82) is 0 Å². The molecular formula is C25H30N4O2. The highest BCUT2D eigenvalue weighted by molar-refractivity contribution is 5.98. The number of benzene rings is 1. The largest absolute Gasteiger partial charge is 0.396 e. The summed E-state index contributed by atoms with van der Waals surface area (Å²) in [5, 5.41) is 13.1. The summed E-state index contributed by atoms with van der Waals surface area (Å²) in [6.45, 7) is 4.69. The lowest BCUT2D eigenvalue weighted by molar-refractivity contribution is 0.0784. The van der Waals surface area contributed by atoms with E-state index in [0.717, 1.165) is 59.5 Å². The van der Waals surface area contributed by atoms with Gasteiger partial charge in [-0.2, -0.15) is 0 Å². The van der Waals surface area contributed by atoms with Gasteiger partial charge in [-0.1, -0.05) is 24.3 Å². The summed E-state index contributed by atoms with van der Waals surface area (Å²) in [5.41, 5.74) is 8.59. The second kappa shape index (κ2) is 7.38. The highest BCUT2D eigenvalue weighted by Crippen LogP contribution is 2.43. The molecule has 3 aromatic rings. The average molecular weight is 419 g/mol. The van der Waals surface area contributed by atoms with Crippen LogP contribution in [0.3, 0.4) is 0 Å². The molecule has 0 bridgehead atoms. The number of carbonyl (C=O) groups excluding carboxylic acids is 1. The van der Waals surface area contributed by atoms with E-state index in [-0.39, 0.29) is 18.1 Å². The number of rotatable bonds is 4. The van der Waals surface area contributed by atoms with E-state index in [9.17, 15) is 9.90 Å². The topological polar surface area (TPSA) is 69.9 Å². The van der Waals surface area contributed by atoms with Crippen LogP contribution in [0.5, 0.6) is 0 Å². The summed E-state index contributed by atoms with van der Waals surface area (Å²) in [7, 11) is 1.81. The highest BCUT2D eigenvalue weighted by atomic mass is 16.3. The van der Waals surface area contributed by atoms with Crippen molar-refractivity contribution < 1.29 is 9.90 Å². The van der Waals surface area contributed by atoms with Gasteiger partial charge in [0.2, 0.25) is 0 Å². The van der Waals surface area contributed by atoms with Gasteiger partial charge in [-0.25, -0.2) is 4.98 Å². The summed E-state index contributed by atoms with van der Waals surface area (Å²) >= 11 is 0. The number of aliphatic hydroxyl groups excluding tert-OH is 1. The Balaban J connectivity index is 1.60. The van der Waals surface area contributed by atoms with Crippen LogP contribution in [0.4, 0.5) is 5.69 Å². The Morgan fingerprint density at radius 3 is 2.65 bits per heavy atom. The second-order valence-corrected chi connectivity index (χ2v) is 9.20. The number of aryl methyl sites for hydroxylation is 2. The molecule has 6 nitrogen and oxygen atoms in total. The third-order valence-corrected chi connectivity index (χ3v) is 7.14. The summed E-state index contributed by atoms with van der Waals surface area (Å²) in [5.74, 6) is 0.00445. The van der Waals surface area contributed by atoms with Gasteiger partial charge in [0.25, 0.3) is 5.91 Å². The molecule has 0 saturated carbocycles. The van der Waals surface area contributed by atoms with E-state index in [1.165, 1.54) is 11.1 Å². The molecule has 6 heteroatoms. The van der Waals surface area contributed by atoms with Gasteiger partial charge in [-0.3, -0.25) is 4.79 Å². The third-order valence-electron chi connectivity index (χ3n) is 7.14. The van der Waals surface area contributed by atoms with Crippen molar-refractivity contribution in [3.05, 3.63) is 64.1 Å². The number of anilines is 1. The van der Waals surface area contributed by atoms with Crippen LogP contribution in [-0.4, -0.2) is 51.0 Å². The molecule has 0 radical (unpaired) electrons. The zero-order valence-corrected chi connectivity index (χ0v) is 18.5. The number of amides is 1. The number of imidazole rings is 1. The maximum Gasteiger partial charge on any atom is 0.255 e. The maximum atomic E-state index is 13.4. The number of nitrogens with one attached hydrogen (secondary N) is 1. The fourth-order valence-electron chi connectivity index (χ4n) is 5.28. The van der Waals surface area contributed by atoms with E-state index in [4.69, 9.17) is 4.98 Å². The van der Waals surface area contributed by atoms with Gasteiger partial charge >= 0.3 is 0 Å². The monoisotopic (exact) mass is 418 g/mol.